The van der Waals surface area contributed by atoms with Crippen LogP contribution < -0.4 is 25.5 Å². The first kappa shape index (κ1) is 47.1. The summed E-state index contributed by atoms with van der Waals surface area (Å²) in [4.78, 5) is 5.23. The van der Waals surface area contributed by atoms with Gasteiger partial charge in [0.2, 0.25) is 0 Å². The molecule has 0 radical (unpaired) electrons. The molecule has 0 unspecified atom stereocenters. The molecule has 1 spiro atoms. The van der Waals surface area contributed by atoms with Gasteiger partial charge in [0.25, 0.3) is 6.71 Å². The van der Waals surface area contributed by atoms with E-state index in [-0.39, 0.29) is 23.0 Å². The molecule has 76 heavy (non-hydrogen) atoms. The third-order valence-corrected chi connectivity index (χ3v) is 18.6. The molecule has 0 bridgehead atoms. The predicted octanol–water partition coefficient (Wildman–Crippen LogP) is 17.8. The van der Waals surface area contributed by atoms with Crippen LogP contribution in [-0.2, 0) is 21.7 Å². The summed E-state index contributed by atoms with van der Waals surface area (Å²) in [5, 5.41) is 1.31. The molecule has 1 aromatic heterocycles. The summed E-state index contributed by atoms with van der Waals surface area (Å²) in [6.45, 7) is 27.9. The van der Waals surface area contributed by atoms with E-state index in [1.165, 1.54) is 149 Å². The Morgan fingerprint density at radius 3 is 1.58 bits per heavy atom. The van der Waals surface area contributed by atoms with Gasteiger partial charge in [-0.3, -0.25) is 0 Å². The minimum atomic E-state index is -0.459. The smallest absolute Gasteiger partial charge is 0.264 e. The Bertz CT molecular complexity index is 4020. The van der Waals surface area contributed by atoms with Crippen molar-refractivity contribution in [2.45, 2.75) is 105 Å². The molecule has 0 fully saturated rings. The second kappa shape index (κ2) is 16.1. The molecule has 372 valence electrons. The Morgan fingerprint density at radius 2 is 0.987 bits per heavy atom. The standard InChI is InChI=1S/C72H65BN2S/c1-42-24-30-47(31-25-42)74-61-38-45(65-56(70(7,8)9)22-17-23-57(65)71(10,11)12)28-35-60(61)73-66-62(74)36-44(3)37-63(66)75(48-32-26-43(2)27-33-48)67-53-40-52-51-34-29-46(69(4,5)6)39-58(51)72(59(52)41-64(53)76-68(67)73)54-20-15-13-18-49(54)50-19-14-16-21-55(50)72/h13-41H,1-12H3. The van der Waals surface area contributed by atoms with Crippen LogP contribution in [0.3, 0.4) is 0 Å². The lowest BCUT2D eigenvalue weighted by Gasteiger charge is -2.43. The van der Waals surface area contributed by atoms with Crippen molar-refractivity contribution in [3.05, 3.63) is 232 Å². The summed E-state index contributed by atoms with van der Waals surface area (Å²) < 4.78 is 2.72. The lowest BCUT2D eigenvalue weighted by atomic mass is 9.36. The van der Waals surface area contributed by atoms with Gasteiger partial charge in [0.15, 0.2) is 0 Å². The van der Waals surface area contributed by atoms with Crippen molar-refractivity contribution in [1.29, 1.82) is 0 Å². The molecule has 0 N–H and O–H groups in total. The fourth-order valence-corrected chi connectivity index (χ4v) is 15.3. The first-order chi connectivity index (χ1) is 36.3. The second-order valence-electron chi connectivity index (χ2n) is 25.6. The first-order valence-corrected chi connectivity index (χ1v) is 28.3. The van der Waals surface area contributed by atoms with E-state index in [2.05, 4.69) is 269 Å². The van der Waals surface area contributed by atoms with E-state index in [9.17, 15) is 0 Å². The maximum absolute atomic E-state index is 2.64. The highest BCUT2D eigenvalue weighted by molar-refractivity contribution is 7.33. The zero-order chi connectivity index (χ0) is 52.5. The second-order valence-corrected chi connectivity index (χ2v) is 26.6. The van der Waals surface area contributed by atoms with Gasteiger partial charge in [-0.1, -0.05) is 195 Å². The van der Waals surface area contributed by atoms with Crippen LogP contribution in [0.15, 0.2) is 176 Å². The van der Waals surface area contributed by atoms with E-state index in [1.54, 1.807) is 0 Å². The number of hydrogen-bond donors (Lipinski definition) is 0. The van der Waals surface area contributed by atoms with Gasteiger partial charge in [0.05, 0.1) is 11.1 Å². The number of anilines is 6. The highest BCUT2D eigenvalue weighted by Gasteiger charge is 2.53. The van der Waals surface area contributed by atoms with Crippen molar-refractivity contribution in [3.63, 3.8) is 0 Å². The SMILES string of the molecule is Cc1ccc(N2c3cc(-c4c(C(C)(C)C)cccc4C(C)(C)C)ccc3B3c4sc5cc6c(cc5c4N(c4ccc(C)cc4)c4cc(C)cc2c43)-c2ccc(C(C)(C)C)cc2C62c3ccccc3-c3ccccc32)cc1. The first-order valence-electron chi connectivity index (χ1n) is 27.4. The van der Waals surface area contributed by atoms with Crippen molar-refractivity contribution >= 4 is 78.0 Å². The Balaban J connectivity index is 1.09. The van der Waals surface area contributed by atoms with Gasteiger partial charge in [-0.05, 0) is 180 Å². The monoisotopic (exact) mass is 1000 g/mol. The fraction of sp³-hybridized carbons (Fsp3) is 0.222. The lowest BCUT2D eigenvalue weighted by molar-refractivity contribution is 0.572. The molecular formula is C72H65BN2S. The summed E-state index contributed by atoms with van der Waals surface area (Å²) >= 11 is 2.02. The maximum Gasteiger partial charge on any atom is 0.264 e. The molecule has 4 heteroatoms. The van der Waals surface area contributed by atoms with E-state index in [0.717, 1.165) is 0 Å². The minimum absolute atomic E-state index is 0.0104. The Hall–Kier alpha value is -7.40. The van der Waals surface area contributed by atoms with Gasteiger partial charge in [-0.2, -0.15) is 0 Å². The van der Waals surface area contributed by atoms with Gasteiger partial charge in [-0.25, -0.2) is 0 Å². The van der Waals surface area contributed by atoms with Crippen LogP contribution in [-0.4, -0.2) is 6.71 Å². The predicted molar refractivity (Wildman–Crippen MR) is 328 cm³/mol. The highest BCUT2D eigenvalue weighted by Crippen LogP contribution is 2.64. The van der Waals surface area contributed by atoms with Gasteiger partial charge in [0.1, 0.15) is 0 Å². The van der Waals surface area contributed by atoms with Crippen LogP contribution in [0.4, 0.5) is 34.1 Å². The molecule has 10 aromatic rings. The molecule has 9 aromatic carbocycles. The normalized spacial score (nSPS) is 14.6. The van der Waals surface area contributed by atoms with Crippen LogP contribution in [0.5, 0.6) is 0 Å². The van der Waals surface area contributed by atoms with Crippen LogP contribution >= 0.6 is 11.3 Å². The van der Waals surface area contributed by atoms with E-state index < -0.39 is 5.41 Å². The van der Waals surface area contributed by atoms with Crippen LogP contribution in [0, 0.1) is 20.8 Å². The molecule has 14 rings (SSSR count). The molecular weight excluding hydrogens is 936 g/mol. The number of fused-ring (bicyclic) bond motifs is 16. The average Bonchev–Trinajstić information content (AvgIpc) is 4.22. The van der Waals surface area contributed by atoms with Gasteiger partial charge in [0, 0.05) is 43.3 Å². The summed E-state index contributed by atoms with van der Waals surface area (Å²) in [7, 11) is 0. The van der Waals surface area contributed by atoms with Crippen molar-refractivity contribution in [3.8, 4) is 33.4 Å². The molecule has 0 amide bonds. The van der Waals surface area contributed by atoms with E-state index in [0.29, 0.717) is 0 Å². The Kier molecular flexibility index (Phi) is 9.96. The fourth-order valence-electron chi connectivity index (χ4n) is 13.9. The van der Waals surface area contributed by atoms with Crippen LogP contribution in [0.25, 0.3) is 43.5 Å². The van der Waals surface area contributed by atoms with Crippen molar-refractivity contribution in [1.82, 2.24) is 0 Å². The molecule has 3 heterocycles. The lowest BCUT2D eigenvalue weighted by Crippen LogP contribution is -2.60. The molecule has 0 saturated heterocycles. The quantitative estimate of drug-likeness (QED) is 0.163. The van der Waals surface area contributed by atoms with Crippen molar-refractivity contribution < 1.29 is 0 Å². The molecule has 2 aliphatic heterocycles. The molecule has 0 saturated carbocycles. The van der Waals surface area contributed by atoms with E-state index in [4.69, 9.17) is 0 Å². The number of rotatable bonds is 3. The average molecular weight is 1000 g/mol. The molecule has 2 nitrogen and oxygen atoms in total. The summed E-state index contributed by atoms with van der Waals surface area (Å²) in [6.07, 6.45) is 0. The number of nitrogens with zero attached hydrogens (tertiary/aromatic N) is 2. The minimum Gasteiger partial charge on any atom is -0.311 e. The number of thiophene rings is 1. The van der Waals surface area contributed by atoms with Crippen LogP contribution in [0.2, 0.25) is 0 Å². The topological polar surface area (TPSA) is 6.48 Å². The summed E-state index contributed by atoms with van der Waals surface area (Å²) in [5.74, 6) is 0. The van der Waals surface area contributed by atoms with E-state index >= 15 is 0 Å². The Labute approximate surface area is 454 Å². The van der Waals surface area contributed by atoms with Crippen molar-refractivity contribution in [2.24, 2.45) is 0 Å². The van der Waals surface area contributed by atoms with Crippen molar-refractivity contribution in [2.75, 3.05) is 9.80 Å². The molecule has 0 atom stereocenters. The summed E-state index contributed by atoms with van der Waals surface area (Å²) in [6, 6.07) is 69.1. The number of aryl methyl sites for hydroxylation is 3. The Morgan fingerprint density at radius 1 is 0.434 bits per heavy atom. The highest BCUT2D eigenvalue weighted by atomic mass is 32.1. The molecule has 4 aliphatic rings. The molecule has 2 aliphatic carbocycles. The largest absolute Gasteiger partial charge is 0.311 e. The number of benzene rings is 9. The third-order valence-electron chi connectivity index (χ3n) is 17.4. The van der Waals surface area contributed by atoms with E-state index in [1.807, 2.05) is 11.3 Å². The maximum atomic E-state index is 2.64. The number of hydrogen-bond acceptors (Lipinski definition) is 3. The zero-order valence-electron chi connectivity index (χ0n) is 46.1. The third kappa shape index (κ3) is 6.59. The van der Waals surface area contributed by atoms with Gasteiger partial charge in [-0.15, -0.1) is 11.3 Å². The van der Waals surface area contributed by atoms with Gasteiger partial charge >= 0.3 is 0 Å². The zero-order valence-corrected chi connectivity index (χ0v) is 46.9. The summed E-state index contributed by atoms with van der Waals surface area (Å²) in [5.41, 5.74) is 30.9. The van der Waals surface area contributed by atoms with Crippen LogP contribution in [0.1, 0.15) is 118 Å². The van der Waals surface area contributed by atoms with Gasteiger partial charge < -0.3 is 9.80 Å².